The first-order chi connectivity index (χ1) is 13.7. The summed E-state index contributed by atoms with van der Waals surface area (Å²) in [4.78, 5) is 15.6. The number of amides is 1. The second-order valence-corrected chi connectivity index (χ2v) is 6.32. The highest BCUT2D eigenvalue weighted by molar-refractivity contribution is 14.0. The largest absolute Gasteiger partial charge is 0.366 e. The number of primary amides is 1. The summed E-state index contributed by atoms with van der Waals surface area (Å²) in [6, 6.07) is 17.4. The summed E-state index contributed by atoms with van der Waals surface area (Å²) in [5, 5.41) is 10.9. The molecule has 3 rings (SSSR count). The minimum Gasteiger partial charge on any atom is -0.366 e. The average Bonchev–Trinajstić information content (AvgIpc) is 3.22. The van der Waals surface area contributed by atoms with E-state index in [1.54, 1.807) is 25.4 Å². The number of benzene rings is 2. The molecule has 0 saturated heterocycles. The van der Waals surface area contributed by atoms with Crippen LogP contribution in [0.2, 0.25) is 0 Å². The maximum Gasteiger partial charge on any atom is 0.248 e. The Hall–Kier alpha value is -2.88. The van der Waals surface area contributed by atoms with Crippen molar-refractivity contribution in [1.29, 1.82) is 0 Å². The van der Waals surface area contributed by atoms with Crippen molar-refractivity contribution < 1.29 is 4.79 Å². The molecule has 0 bridgehead atoms. The van der Waals surface area contributed by atoms with Crippen molar-refractivity contribution in [1.82, 2.24) is 20.4 Å². The van der Waals surface area contributed by atoms with Crippen LogP contribution in [0.5, 0.6) is 0 Å². The summed E-state index contributed by atoms with van der Waals surface area (Å²) in [5.41, 5.74) is 9.16. The third kappa shape index (κ3) is 6.60. The molecule has 152 valence electrons. The molecule has 0 aliphatic rings. The summed E-state index contributed by atoms with van der Waals surface area (Å²) < 4.78 is 1.90. The first kappa shape index (κ1) is 22.4. The van der Waals surface area contributed by atoms with Gasteiger partial charge >= 0.3 is 0 Å². The zero-order chi connectivity index (χ0) is 19.8. The Morgan fingerprint density at radius 3 is 2.52 bits per heavy atom. The standard InChI is InChI=1S/C21H24N6O.HI/c1-23-21(24-13-16-6-4-9-17(12-16)20(22)28)25-14-18-7-2-3-8-19(18)15-27-11-5-10-26-27;/h2-12H,13-15H2,1H3,(H2,22,28)(H2,23,24,25);1H. The Kier molecular flexibility index (Phi) is 8.66. The fraction of sp³-hybridized carbons (Fsp3) is 0.190. The summed E-state index contributed by atoms with van der Waals surface area (Å²) >= 11 is 0. The highest BCUT2D eigenvalue weighted by atomic mass is 127. The van der Waals surface area contributed by atoms with Gasteiger partial charge in [0.1, 0.15) is 0 Å². The predicted octanol–water partition coefficient (Wildman–Crippen LogP) is 2.51. The lowest BCUT2D eigenvalue weighted by atomic mass is 10.1. The Labute approximate surface area is 187 Å². The summed E-state index contributed by atoms with van der Waals surface area (Å²) in [5.74, 6) is 0.247. The quantitative estimate of drug-likeness (QED) is 0.262. The zero-order valence-corrected chi connectivity index (χ0v) is 18.5. The molecule has 0 fully saturated rings. The van der Waals surface area contributed by atoms with Crippen LogP contribution >= 0.6 is 24.0 Å². The number of aromatic nitrogens is 2. The number of hydrogen-bond donors (Lipinski definition) is 3. The van der Waals surface area contributed by atoms with Crippen LogP contribution < -0.4 is 16.4 Å². The van der Waals surface area contributed by atoms with Gasteiger partial charge in [-0.05, 0) is 34.9 Å². The maximum atomic E-state index is 11.3. The zero-order valence-electron chi connectivity index (χ0n) is 16.2. The molecular weight excluding hydrogens is 479 g/mol. The van der Waals surface area contributed by atoms with Crippen molar-refractivity contribution in [2.45, 2.75) is 19.6 Å². The molecule has 1 amide bonds. The van der Waals surface area contributed by atoms with E-state index >= 15 is 0 Å². The van der Waals surface area contributed by atoms with Gasteiger partial charge in [-0.1, -0.05) is 36.4 Å². The Morgan fingerprint density at radius 1 is 1.07 bits per heavy atom. The van der Waals surface area contributed by atoms with E-state index in [0.29, 0.717) is 24.6 Å². The van der Waals surface area contributed by atoms with Crippen LogP contribution in [0.15, 0.2) is 72.0 Å². The Balaban J connectivity index is 0.00000300. The van der Waals surface area contributed by atoms with Crippen LogP contribution in [0.25, 0.3) is 0 Å². The van der Waals surface area contributed by atoms with Gasteiger partial charge in [-0.15, -0.1) is 24.0 Å². The molecule has 0 aliphatic carbocycles. The van der Waals surface area contributed by atoms with E-state index in [4.69, 9.17) is 5.73 Å². The first-order valence-corrected chi connectivity index (χ1v) is 9.03. The van der Waals surface area contributed by atoms with Crippen molar-refractivity contribution in [2.75, 3.05) is 7.05 Å². The highest BCUT2D eigenvalue weighted by Gasteiger charge is 2.06. The Morgan fingerprint density at radius 2 is 1.83 bits per heavy atom. The van der Waals surface area contributed by atoms with Gasteiger partial charge < -0.3 is 16.4 Å². The van der Waals surface area contributed by atoms with Crippen LogP contribution in [0.1, 0.15) is 27.0 Å². The minimum atomic E-state index is -0.432. The number of carbonyl (C=O) groups excluding carboxylic acids is 1. The predicted molar refractivity (Wildman–Crippen MR) is 125 cm³/mol. The summed E-state index contributed by atoms with van der Waals surface area (Å²) in [6.45, 7) is 1.89. The van der Waals surface area contributed by atoms with Crippen molar-refractivity contribution in [2.24, 2.45) is 10.7 Å². The molecule has 4 N–H and O–H groups in total. The lowest BCUT2D eigenvalue weighted by Gasteiger charge is -2.14. The van der Waals surface area contributed by atoms with E-state index in [9.17, 15) is 4.79 Å². The fourth-order valence-electron chi connectivity index (χ4n) is 2.87. The van der Waals surface area contributed by atoms with Gasteiger partial charge in [0, 0.05) is 38.1 Å². The molecular formula is C21H25IN6O. The second kappa shape index (κ2) is 11.2. The SMILES string of the molecule is CN=C(NCc1cccc(C(N)=O)c1)NCc1ccccc1Cn1cccn1.I. The normalized spacial score (nSPS) is 10.9. The van der Waals surface area contributed by atoms with Crippen molar-refractivity contribution >= 4 is 35.8 Å². The van der Waals surface area contributed by atoms with Gasteiger partial charge in [0.25, 0.3) is 0 Å². The second-order valence-electron chi connectivity index (χ2n) is 6.32. The third-order valence-electron chi connectivity index (χ3n) is 4.35. The van der Waals surface area contributed by atoms with Gasteiger partial charge in [-0.2, -0.15) is 5.10 Å². The van der Waals surface area contributed by atoms with E-state index in [1.165, 1.54) is 11.1 Å². The number of guanidine groups is 1. The molecule has 8 heteroatoms. The smallest absolute Gasteiger partial charge is 0.248 e. The molecule has 2 aromatic carbocycles. The molecule has 0 radical (unpaired) electrons. The maximum absolute atomic E-state index is 11.3. The molecule has 3 aromatic rings. The third-order valence-corrected chi connectivity index (χ3v) is 4.35. The van der Waals surface area contributed by atoms with Gasteiger partial charge in [0.2, 0.25) is 5.91 Å². The molecule has 1 aromatic heterocycles. The van der Waals surface area contributed by atoms with Crippen LogP contribution in [-0.4, -0.2) is 28.7 Å². The van der Waals surface area contributed by atoms with Gasteiger partial charge in [-0.3, -0.25) is 14.5 Å². The number of rotatable bonds is 7. The molecule has 0 unspecified atom stereocenters. The van der Waals surface area contributed by atoms with E-state index in [2.05, 4.69) is 32.9 Å². The summed E-state index contributed by atoms with van der Waals surface area (Å²) in [6.07, 6.45) is 3.73. The lowest BCUT2D eigenvalue weighted by Crippen LogP contribution is -2.36. The van der Waals surface area contributed by atoms with E-state index in [-0.39, 0.29) is 24.0 Å². The monoisotopic (exact) mass is 504 g/mol. The molecule has 0 saturated carbocycles. The molecule has 7 nitrogen and oxygen atoms in total. The van der Waals surface area contributed by atoms with E-state index in [0.717, 1.165) is 12.1 Å². The van der Waals surface area contributed by atoms with Crippen molar-refractivity contribution in [3.63, 3.8) is 0 Å². The van der Waals surface area contributed by atoms with Gasteiger partial charge in [0.05, 0.1) is 6.54 Å². The van der Waals surface area contributed by atoms with Crippen LogP contribution in [0.3, 0.4) is 0 Å². The molecule has 0 spiro atoms. The van der Waals surface area contributed by atoms with Crippen LogP contribution in [0.4, 0.5) is 0 Å². The number of hydrogen-bond acceptors (Lipinski definition) is 3. The van der Waals surface area contributed by atoms with E-state index < -0.39 is 5.91 Å². The topological polar surface area (TPSA) is 97.3 Å². The van der Waals surface area contributed by atoms with Crippen LogP contribution in [0, 0.1) is 0 Å². The number of nitrogens with zero attached hydrogens (tertiary/aromatic N) is 3. The number of aliphatic imine (C=N–C) groups is 1. The molecule has 0 atom stereocenters. The van der Waals surface area contributed by atoms with Gasteiger partial charge in [0.15, 0.2) is 5.96 Å². The highest BCUT2D eigenvalue weighted by Crippen LogP contribution is 2.10. The van der Waals surface area contributed by atoms with Crippen molar-refractivity contribution in [3.05, 3.63) is 89.2 Å². The van der Waals surface area contributed by atoms with Gasteiger partial charge in [-0.25, -0.2) is 0 Å². The number of nitrogens with one attached hydrogen (secondary N) is 2. The summed E-state index contributed by atoms with van der Waals surface area (Å²) in [7, 11) is 1.73. The number of carbonyl (C=O) groups is 1. The number of halogens is 1. The first-order valence-electron chi connectivity index (χ1n) is 9.03. The average molecular weight is 504 g/mol. The molecule has 29 heavy (non-hydrogen) atoms. The molecule has 1 heterocycles. The van der Waals surface area contributed by atoms with E-state index in [1.807, 2.05) is 41.2 Å². The number of nitrogens with two attached hydrogens (primary N) is 1. The lowest BCUT2D eigenvalue weighted by molar-refractivity contribution is 0.1000. The molecule has 0 aliphatic heterocycles. The fourth-order valence-corrected chi connectivity index (χ4v) is 2.87. The minimum absolute atomic E-state index is 0. The van der Waals surface area contributed by atoms with Crippen LogP contribution in [-0.2, 0) is 19.6 Å². The van der Waals surface area contributed by atoms with Crippen molar-refractivity contribution in [3.8, 4) is 0 Å². The Bertz CT molecular complexity index is 955.